The highest BCUT2D eigenvalue weighted by atomic mass is 19.4. The van der Waals surface area contributed by atoms with E-state index in [0.29, 0.717) is 26.2 Å². The molecule has 0 bridgehead atoms. The van der Waals surface area contributed by atoms with Crippen LogP contribution in [-0.4, -0.2) is 96.5 Å². The van der Waals surface area contributed by atoms with Gasteiger partial charge in [-0.3, -0.25) is 4.79 Å². The molecule has 12 heteroatoms. The average Bonchev–Trinajstić information content (AvgIpc) is 2.93. The molecule has 0 saturated carbocycles. The molecule has 0 fully saturated rings. The van der Waals surface area contributed by atoms with Crippen molar-refractivity contribution in [2.24, 2.45) is 0 Å². The highest BCUT2D eigenvalue weighted by Gasteiger charge is 2.33. The van der Waals surface area contributed by atoms with Crippen LogP contribution in [0.5, 0.6) is 0 Å². The molecule has 44 heavy (non-hydrogen) atoms. The van der Waals surface area contributed by atoms with Gasteiger partial charge in [0, 0.05) is 39.4 Å². The first-order valence-corrected chi connectivity index (χ1v) is 15.4. The topological polar surface area (TPSA) is 107 Å². The number of alkyl halides is 3. The van der Waals surface area contributed by atoms with Crippen molar-refractivity contribution in [1.82, 2.24) is 20.1 Å². The number of halogens is 3. The zero-order chi connectivity index (χ0) is 32.9. The van der Waals surface area contributed by atoms with Crippen LogP contribution in [0.1, 0.15) is 71.1 Å². The van der Waals surface area contributed by atoms with Crippen LogP contribution in [0.25, 0.3) is 0 Å². The number of pyridine rings is 1. The van der Waals surface area contributed by atoms with Gasteiger partial charge in [0.2, 0.25) is 0 Å². The number of allylic oxidation sites excluding steroid dienone is 3. The van der Waals surface area contributed by atoms with Crippen molar-refractivity contribution >= 4 is 17.7 Å². The minimum atomic E-state index is -4.65. The van der Waals surface area contributed by atoms with Crippen molar-refractivity contribution < 1.29 is 32.6 Å². The summed E-state index contributed by atoms with van der Waals surface area (Å²) >= 11 is 0. The molecule has 1 aromatic heterocycles. The molecule has 0 spiro atoms. The summed E-state index contributed by atoms with van der Waals surface area (Å²) in [5.41, 5.74) is 0.705. The van der Waals surface area contributed by atoms with Crippen molar-refractivity contribution in [3.63, 3.8) is 0 Å². The SMILES string of the molecule is CC/C=C(/C=C(/C(=O)NC(CCN(CCCCc1ccc2c(n1)NCCC2)CCOC(C)(C)C)C(=O)O)N(C)C)C(F)(F)F. The summed E-state index contributed by atoms with van der Waals surface area (Å²) in [5, 5.41) is 15.7. The predicted octanol–water partition coefficient (Wildman–Crippen LogP) is 5.18. The maximum Gasteiger partial charge on any atom is 0.416 e. The molecule has 1 atom stereocenters. The molecule has 1 aromatic rings. The molecule has 0 saturated heterocycles. The Hall–Kier alpha value is -3.12. The van der Waals surface area contributed by atoms with Crippen molar-refractivity contribution in [3.8, 4) is 0 Å². The van der Waals surface area contributed by atoms with Gasteiger partial charge >= 0.3 is 12.1 Å². The van der Waals surface area contributed by atoms with E-state index >= 15 is 0 Å². The number of fused-ring (bicyclic) bond motifs is 1. The van der Waals surface area contributed by atoms with Crippen molar-refractivity contribution in [2.45, 2.75) is 90.5 Å². The zero-order valence-electron chi connectivity index (χ0n) is 27.0. The minimum absolute atomic E-state index is 0.0757. The number of unbranched alkanes of at least 4 members (excludes halogenated alkanes) is 1. The minimum Gasteiger partial charge on any atom is -0.480 e. The third-order valence-corrected chi connectivity index (χ3v) is 7.15. The first-order chi connectivity index (χ1) is 20.6. The normalized spacial score (nSPS) is 15.0. The summed E-state index contributed by atoms with van der Waals surface area (Å²) in [4.78, 5) is 33.2. The van der Waals surface area contributed by atoms with Crippen molar-refractivity contribution in [1.29, 1.82) is 0 Å². The van der Waals surface area contributed by atoms with Crippen molar-refractivity contribution in [3.05, 3.63) is 46.8 Å². The number of aliphatic carboxylic acids is 1. The van der Waals surface area contributed by atoms with E-state index in [1.54, 1.807) is 6.92 Å². The number of likely N-dealkylation sites (N-methyl/N-ethyl adjacent to an activating group) is 1. The largest absolute Gasteiger partial charge is 0.480 e. The van der Waals surface area contributed by atoms with Crippen LogP contribution < -0.4 is 10.6 Å². The second kappa shape index (κ2) is 17.4. The Morgan fingerprint density at radius 2 is 1.89 bits per heavy atom. The zero-order valence-corrected chi connectivity index (χ0v) is 27.0. The lowest BCUT2D eigenvalue weighted by Gasteiger charge is -2.27. The van der Waals surface area contributed by atoms with Crippen LogP contribution in [0.3, 0.4) is 0 Å². The molecule has 2 rings (SSSR count). The number of amides is 1. The molecule has 0 aliphatic carbocycles. The number of anilines is 1. The Bertz CT molecular complexity index is 1150. The van der Waals surface area contributed by atoms with Gasteiger partial charge in [-0.2, -0.15) is 13.2 Å². The highest BCUT2D eigenvalue weighted by Crippen LogP contribution is 2.28. The van der Waals surface area contributed by atoms with Gasteiger partial charge in [-0.05, 0) is 90.0 Å². The number of carboxylic acid groups (broad SMARTS) is 1. The molecular weight excluding hydrogens is 575 g/mol. The Balaban J connectivity index is 2.04. The van der Waals surface area contributed by atoms with E-state index in [9.17, 15) is 27.9 Å². The molecule has 1 amide bonds. The predicted molar refractivity (Wildman–Crippen MR) is 167 cm³/mol. The third kappa shape index (κ3) is 13.3. The van der Waals surface area contributed by atoms with Gasteiger partial charge in [0.15, 0.2) is 0 Å². The van der Waals surface area contributed by atoms with Gasteiger partial charge in [-0.15, -0.1) is 0 Å². The van der Waals surface area contributed by atoms with E-state index in [1.807, 2.05) is 20.8 Å². The van der Waals surface area contributed by atoms with Crippen LogP contribution in [0.15, 0.2) is 35.6 Å². The second-order valence-electron chi connectivity index (χ2n) is 12.2. The van der Waals surface area contributed by atoms with Gasteiger partial charge in [0.1, 0.15) is 17.6 Å². The number of carboxylic acids is 1. The number of carbonyl (C=O) groups excluding carboxylic acids is 1. The molecule has 1 unspecified atom stereocenters. The van der Waals surface area contributed by atoms with E-state index in [-0.39, 0.29) is 24.1 Å². The van der Waals surface area contributed by atoms with E-state index in [0.717, 1.165) is 62.3 Å². The lowest BCUT2D eigenvalue weighted by atomic mass is 10.1. The first-order valence-electron chi connectivity index (χ1n) is 15.4. The summed E-state index contributed by atoms with van der Waals surface area (Å²) in [7, 11) is 2.88. The number of hydrogen-bond donors (Lipinski definition) is 3. The molecule has 9 nitrogen and oxygen atoms in total. The van der Waals surface area contributed by atoms with Gasteiger partial charge in [-0.1, -0.05) is 19.1 Å². The number of aromatic nitrogens is 1. The van der Waals surface area contributed by atoms with E-state index in [1.165, 1.54) is 24.6 Å². The first kappa shape index (κ1) is 37.1. The third-order valence-electron chi connectivity index (χ3n) is 7.15. The van der Waals surface area contributed by atoms with Gasteiger partial charge in [0.05, 0.1) is 17.8 Å². The Morgan fingerprint density at radius 1 is 1.16 bits per heavy atom. The monoisotopic (exact) mass is 625 g/mol. The van der Waals surface area contributed by atoms with E-state index < -0.39 is 29.7 Å². The van der Waals surface area contributed by atoms with Crippen LogP contribution in [0.2, 0.25) is 0 Å². The fraction of sp³-hybridized carbons (Fsp3) is 0.656. The fourth-order valence-corrected chi connectivity index (χ4v) is 4.79. The van der Waals surface area contributed by atoms with E-state index in [4.69, 9.17) is 9.72 Å². The van der Waals surface area contributed by atoms with Crippen LogP contribution in [-0.2, 0) is 27.2 Å². The van der Waals surface area contributed by atoms with Gasteiger partial charge < -0.3 is 30.3 Å². The second-order valence-corrected chi connectivity index (χ2v) is 12.2. The number of hydrogen-bond acceptors (Lipinski definition) is 7. The molecule has 248 valence electrons. The molecule has 3 N–H and O–H groups in total. The maximum absolute atomic E-state index is 13.5. The quantitative estimate of drug-likeness (QED) is 0.124. The number of ether oxygens (including phenoxy) is 1. The smallest absolute Gasteiger partial charge is 0.416 e. The maximum atomic E-state index is 13.5. The Kier molecular flexibility index (Phi) is 14.6. The summed E-state index contributed by atoms with van der Waals surface area (Å²) in [6.07, 6.45) is 2.01. The molecule has 1 aliphatic rings. The number of nitrogens with zero attached hydrogens (tertiary/aromatic N) is 3. The molecule has 0 aromatic carbocycles. The molecule has 2 heterocycles. The number of aryl methyl sites for hydroxylation is 2. The number of rotatable bonds is 17. The average molecular weight is 626 g/mol. The molecule has 1 aliphatic heterocycles. The van der Waals surface area contributed by atoms with Crippen LogP contribution in [0.4, 0.5) is 19.0 Å². The Labute approximate surface area is 259 Å². The summed E-state index contributed by atoms with van der Waals surface area (Å²) in [5.74, 6) is -1.17. The summed E-state index contributed by atoms with van der Waals surface area (Å²) < 4.78 is 46.3. The number of nitrogens with one attached hydrogen (secondary N) is 2. The fourth-order valence-electron chi connectivity index (χ4n) is 4.79. The van der Waals surface area contributed by atoms with Crippen LogP contribution in [0, 0.1) is 0 Å². The number of carbonyl (C=O) groups is 2. The van der Waals surface area contributed by atoms with Crippen molar-refractivity contribution in [2.75, 3.05) is 52.2 Å². The molecular formula is C32H50F3N5O4. The lowest BCUT2D eigenvalue weighted by molar-refractivity contribution is -0.141. The lowest BCUT2D eigenvalue weighted by Crippen LogP contribution is -2.45. The van der Waals surface area contributed by atoms with Gasteiger partial charge in [0.25, 0.3) is 5.91 Å². The molecule has 0 radical (unpaired) electrons. The van der Waals surface area contributed by atoms with Crippen LogP contribution >= 0.6 is 0 Å². The summed E-state index contributed by atoms with van der Waals surface area (Å²) in [6, 6.07) is 2.93. The standard InChI is InChI=1S/C32H50F3N5O4/c1-7-11-24(32(33,34)35)22-27(39(5)6)29(41)38-26(30(42)43)16-19-40(20-21-44-31(2,3)4)18-9-8-13-25-15-14-23-12-10-17-36-28(23)37-25/h11,14-15,22,26H,7-10,12-13,16-21H2,1-6H3,(H,36,37)(H,38,41)(H,42,43)/b24-11-,27-22-. The van der Waals surface area contributed by atoms with Gasteiger partial charge in [-0.25, -0.2) is 9.78 Å². The van der Waals surface area contributed by atoms with E-state index in [2.05, 4.69) is 27.7 Å². The Morgan fingerprint density at radius 3 is 2.50 bits per heavy atom. The summed E-state index contributed by atoms with van der Waals surface area (Å²) in [6.45, 7) is 10.4. The highest BCUT2D eigenvalue weighted by molar-refractivity contribution is 5.95.